The number of aryl methyl sites for hydroxylation is 2. The molecular weight excluding hydrogens is 609 g/mol. The van der Waals surface area contributed by atoms with Gasteiger partial charge in [-0.1, -0.05) is 133 Å². The summed E-state index contributed by atoms with van der Waals surface area (Å²) in [5, 5.41) is 20.3. The van der Waals surface area contributed by atoms with E-state index in [0.717, 1.165) is 46.2 Å². The first-order valence-electron chi connectivity index (χ1n) is 18.4. The number of allylic oxidation sites excluding steroid dienone is 1. The van der Waals surface area contributed by atoms with Crippen molar-refractivity contribution in [1.82, 2.24) is 0 Å². The summed E-state index contributed by atoms with van der Waals surface area (Å²) in [6, 6.07) is 29.2. The highest BCUT2D eigenvalue weighted by Crippen LogP contribution is 2.51. The molecule has 0 saturated carbocycles. The molecule has 0 unspecified atom stereocenters. The fourth-order valence-electron chi connectivity index (χ4n) is 7.16. The number of nitrogens with zero attached hydrogens (tertiary/aromatic N) is 4. The zero-order valence-electron chi connectivity index (χ0n) is 29.6. The molecule has 4 aromatic carbocycles. The van der Waals surface area contributed by atoms with Gasteiger partial charge in [0.2, 0.25) is 0 Å². The number of hydrogen-bond acceptors (Lipinski definition) is 2. The molecule has 0 spiro atoms. The molecule has 0 heterocycles. The Bertz CT molecular complexity index is 1860. The summed E-state index contributed by atoms with van der Waals surface area (Å²) in [7, 11) is 0. The molecular formula is C46H46N4. The lowest BCUT2D eigenvalue weighted by Gasteiger charge is -2.12. The van der Waals surface area contributed by atoms with Gasteiger partial charge in [-0.2, -0.15) is 5.26 Å². The zero-order valence-corrected chi connectivity index (χ0v) is 29.6. The van der Waals surface area contributed by atoms with E-state index in [2.05, 4.69) is 84.2 Å². The SMILES string of the molecule is [C-]#[N+]/C(C#N)=C1/c2cc(C#N)c(-c3ccc(CCCCCCCC)cc3)cc2-c2cc(-c3ccc(CCCCCCCC)cc3)c([N+]#[C-])cc21. The van der Waals surface area contributed by atoms with Gasteiger partial charge in [0.15, 0.2) is 5.69 Å². The molecule has 0 atom stereocenters. The minimum absolute atomic E-state index is 0.0385. The summed E-state index contributed by atoms with van der Waals surface area (Å²) in [5.74, 6) is 0. The van der Waals surface area contributed by atoms with Crippen LogP contribution in [-0.4, -0.2) is 0 Å². The highest BCUT2D eigenvalue weighted by molar-refractivity contribution is 6.07. The Hall–Kier alpha value is -5.42. The maximum Gasteiger partial charge on any atom is 0.270 e. The van der Waals surface area contributed by atoms with Crippen LogP contribution >= 0.6 is 0 Å². The highest BCUT2D eigenvalue weighted by atomic mass is 14.7. The normalized spacial score (nSPS) is 12.3. The molecule has 250 valence electrons. The van der Waals surface area contributed by atoms with Crippen LogP contribution in [0.15, 0.2) is 78.5 Å². The van der Waals surface area contributed by atoms with E-state index in [1.54, 1.807) is 0 Å². The van der Waals surface area contributed by atoms with Crippen LogP contribution < -0.4 is 0 Å². The molecule has 50 heavy (non-hydrogen) atoms. The summed E-state index contributed by atoms with van der Waals surface area (Å²) in [4.78, 5) is 7.48. The molecule has 5 rings (SSSR count). The van der Waals surface area contributed by atoms with Crippen molar-refractivity contribution < 1.29 is 0 Å². The third-order valence-electron chi connectivity index (χ3n) is 9.99. The Morgan fingerprint density at radius 1 is 0.560 bits per heavy atom. The third-order valence-corrected chi connectivity index (χ3v) is 9.99. The van der Waals surface area contributed by atoms with Crippen LogP contribution in [0.4, 0.5) is 5.69 Å². The van der Waals surface area contributed by atoms with Crippen LogP contribution in [0.5, 0.6) is 0 Å². The molecule has 1 aliphatic carbocycles. The standard InChI is InChI=1S/C46H46N4/c1-5-7-9-11-13-15-17-33-19-23-35(24-20-33)38-28-40-41-29-39(36-25-21-34(22-26-36)18-16-14-12-10-8-6-2)44(49-3)30-43(41)46(45(32-48)50-4)42(40)27-37(38)31-47/h19-30H,5-18H2,1-2H3/b46-45-. The predicted octanol–water partition coefficient (Wildman–Crippen LogP) is 13.4. The first kappa shape index (κ1) is 35.9. The molecule has 0 saturated heterocycles. The van der Waals surface area contributed by atoms with Gasteiger partial charge >= 0.3 is 0 Å². The lowest BCUT2D eigenvalue weighted by Crippen LogP contribution is -1.92. The molecule has 1 aliphatic rings. The van der Waals surface area contributed by atoms with E-state index in [9.17, 15) is 10.5 Å². The van der Waals surface area contributed by atoms with Crippen LogP contribution in [0.2, 0.25) is 0 Å². The summed E-state index contributed by atoms with van der Waals surface area (Å²) >= 11 is 0. The molecule has 4 aromatic rings. The van der Waals surface area contributed by atoms with Crippen molar-refractivity contribution in [2.24, 2.45) is 0 Å². The topological polar surface area (TPSA) is 56.3 Å². The van der Waals surface area contributed by atoms with E-state index in [1.807, 2.05) is 24.3 Å². The fraction of sp³-hybridized carbons (Fsp3) is 0.348. The number of nitriles is 2. The van der Waals surface area contributed by atoms with E-state index < -0.39 is 0 Å². The second kappa shape index (κ2) is 17.8. The predicted molar refractivity (Wildman–Crippen MR) is 206 cm³/mol. The average Bonchev–Trinajstić information content (AvgIpc) is 3.46. The van der Waals surface area contributed by atoms with Gasteiger partial charge in [0, 0.05) is 11.1 Å². The van der Waals surface area contributed by atoms with Gasteiger partial charge in [0.05, 0.1) is 30.8 Å². The maximum atomic E-state index is 10.3. The first-order chi connectivity index (χ1) is 24.6. The Morgan fingerprint density at radius 2 is 1.04 bits per heavy atom. The Morgan fingerprint density at radius 3 is 1.52 bits per heavy atom. The van der Waals surface area contributed by atoms with Crippen molar-refractivity contribution in [1.29, 1.82) is 10.5 Å². The number of rotatable bonds is 16. The number of hydrogen-bond donors (Lipinski definition) is 0. The number of benzene rings is 4. The van der Waals surface area contributed by atoms with E-state index in [1.165, 1.54) is 88.2 Å². The molecule has 0 amide bonds. The first-order valence-corrected chi connectivity index (χ1v) is 18.4. The summed E-state index contributed by atoms with van der Waals surface area (Å²) in [5.41, 5.74) is 10.7. The third kappa shape index (κ3) is 8.23. The Kier molecular flexibility index (Phi) is 12.8. The van der Waals surface area contributed by atoms with Crippen molar-refractivity contribution in [3.8, 4) is 45.5 Å². The molecule has 0 bridgehead atoms. The molecule has 0 radical (unpaired) electrons. The molecule has 0 N–H and O–H groups in total. The van der Waals surface area contributed by atoms with Gasteiger partial charge in [0.25, 0.3) is 5.70 Å². The van der Waals surface area contributed by atoms with E-state index >= 15 is 0 Å². The quantitative estimate of drug-likeness (QED) is 0.0604. The van der Waals surface area contributed by atoms with Crippen molar-refractivity contribution in [3.05, 3.63) is 129 Å². The Labute approximate surface area is 299 Å². The van der Waals surface area contributed by atoms with Crippen molar-refractivity contribution in [2.75, 3.05) is 0 Å². The number of unbranched alkanes of at least 4 members (excludes halogenated alkanes) is 10. The molecule has 0 aromatic heterocycles. The molecule has 4 nitrogen and oxygen atoms in total. The van der Waals surface area contributed by atoms with E-state index in [4.69, 9.17) is 13.1 Å². The lowest BCUT2D eigenvalue weighted by atomic mass is 9.92. The summed E-state index contributed by atoms with van der Waals surface area (Å²) < 4.78 is 0. The van der Waals surface area contributed by atoms with Gasteiger partial charge in [-0.05, 0) is 94.0 Å². The second-order valence-electron chi connectivity index (χ2n) is 13.5. The van der Waals surface area contributed by atoms with Crippen LogP contribution in [-0.2, 0) is 12.8 Å². The van der Waals surface area contributed by atoms with Gasteiger partial charge in [-0.3, -0.25) is 0 Å². The van der Waals surface area contributed by atoms with Crippen molar-refractivity contribution in [3.63, 3.8) is 0 Å². The van der Waals surface area contributed by atoms with Crippen molar-refractivity contribution in [2.45, 2.75) is 104 Å². The Balaban J connectivity index is 1.49. The monoisotopic (exact) mass is 654 g/mol. The van der Waals surface area contributed by atoms with Gasteiger partial charge in [0.1, 0.15) is 0 Å². The molecule has 0 fully saturated rings. The van der Waals surface area contributed by atoms with Crippen LogP contribution in [0.25, 0.3) is 48.6 Å². The van der Waals surface area contributed by atoms with E-state index in [0.29, 0.717) is 28.0 Å². The van der Waals surface area contributed by atoms with Gasteiger partial charge in [-0.25, -0.2) is 15.0 Å². The van der Waals surface area contributed by atoms with E-state index in [-0.39, 0.29) is 5.70 Å². The van der Waals surface area contributed by atoms with Crippen molar-refractivity contribution >= 4 is 11.3 Å². The minimum atomic E-state index is -0.0385. The number of fused-ring (bicyclic) bond motifs is 3. The fourth-order valence-corrected chi connectivity index (χ4v) is 7.16. The van der Waals surface area contributed by atoms with Gasteiger partial charge in [-0.15, -0.1) is 0 Å². The largest absolute Gasteiger partial charge is 0.270 e. The van der Waals surface area contributed by atoms with Gasteiger partial charge < -0.3 is 0 Å². The van der Waals surface area contributed by atoms with Crippen LogP contribution in [0, 0.1) is 35.8 Å². The average molecular weight is 655 g/mol. The minimum Gasteiger partial charge on any atom is -0.237 e. The lowest BCUT2D eigenvalue weighted by molar-refractivity contribution is 0.607. The zero-order chi connectivity index (χ0) is 35.3. The second-order valence-corrected chi connectivity index (χ2v) is 13.5. The van der Waals surface area contributed by atoms with Crippen LogP contribution in [0.3, 0.4) is 0 Å². The molecule has 0 aliphatic heterocycles. The highest BCUT2D eigenvalue weighted by Gasteiger charge is 2.30. The maximum absolute atomic E-state index is 10.3. The summed E-state index contributed by atoms with van der Waals surface area (Å²) in [6.07, 6.45) is 17.3. The molecule has 4 heteroatoms. The smallest absolute Gasteiger partial charge is 0.237 e. The van der Waals surface area contributed by atoms with Crippen LogP contribution in [0.1, 0.15) is 119 Å². The summed E-state index contributed by atoms with van der Waals surface area (Å²) in [6.45, 7) is 20.4.